The molecule has 154 valence electrons. The number of aromatic nitrogens is 2. The third kappa shape index (κ3) is 3.59. The summed E-state index contributed by atoms with van der Waals surface area (Å²) in [5.41, 5.74) is 1.97. The predicted octanol–water partition coefficient (Wildman–Crippen LogP) is 3.52. The minimum absolute atomic E-state index is 0.0214. The number of benzene rings is 2. The molecular weight excluding hydrogens is 389 g/mol. The number of piperidine rings is 1. The number of rotatable bonds is 3. The molecule has 5 rings (SSSR count). The van der Waals surface area contributed by atoms with Crippen LogP contribution in [-0.4, -0.2) is 53.0 Å². The second kappa shape index (κ2) is 7.62. The third-order valence-corrected chi connectivity index (χ3v) is 5.53. The van der Waals surface area contributed by atoms with E-state index in [0.29, 0.717) is 67.6 Å². The Kier molecular flexibility index (Phi) is 4.80. The molecule has 3 heterocycles. The molecule has 0 bridgehead atoms. The van der Waals surface area contributed by atoms with Gasteiger partial charge in [-0.2, -0.15) is 4.98 Å². The van der Waals surface area contributed by atoms with Crippen molar-refractivity contribution in [1.29, 1.82) is 0 Å². The summed E-state index contributed by atoms with van der Waals surface area (Å²) in [6, 6.07) is 13.0. The summed E-state index contributed by atoms with van der Waals surface area (Å²) in [6.07, 6.45) is 1.37. The molecule has 0 atom stereocenters. The monoisotopic (exact) mass is 409 g/mol. The molecule has 1 amide bonds. The van der Waals surface area contributed by atoms with Gasteiger partial charge in [0.1, 0.15) is 5.82 Å². The van der Waals surface area contributed by atoms with Crippen LogP contribution in [0.5, 0.6) is 0 Å². The normalized spacial score (nSPS) is 18.1. The van der Waals surface area contributed by atoms with Crippen LogP contribution in [0.15, 0.2) is 53.1 Å². The van der Waals surface area contributed by atoms with Crippen molar-refractivity contribution in [1.82, 2.24) is 15.0 Å². The largest absolute Gasteiger partial charge is 0.347 e. The Morgan fingerprint density at radius 1 is 0.933 bits per heavy atom. The number of amides is 1. The van der Waals surface area contributed by atoms with Crippen molar-refractivity contribution in [3.63, 3.8) is 0 Å². The lowest BCUT2D eigenvalue weighted by molar-refractivity contribution is -0.181. The smallest absolute Gasteiger partial charge is 0.258 e. The van der Waals surface area contributed by atoms with E-state index in [9.17, 15) is 9.18 Å². The lowest BCUT2D eigenvalue weighted by Crippen LogP contribution is -2.47. The summed E-state index contributed by atoms with van der Waals surface area (Å²) in [6.45, 7) is 2.44. The van der Waals surface area contributed by atoms with Gasteiger partial charge in [0.05, 0.1) is 13.2 Å². The van der Waals surface area contributed by atoms with E-state index in [0.717, 1.165) is 0 Å². The van der Waals surface area contributed by atoms with Crippen LogP contribution in [0.25, 0.3) is 22.8 Å². The number of hydrogen-bond donors (Lipinski definition) is 0. The molecule has 0 radical (unpaired) electrons. The first-order valence-electron chi connectivity index (χ1n) is 9.89. The molecule has 2 aliphatic heterocycles. The van der Waals surface area contributed by atoms with Gasteiger partial charge in [0, 0.05) is 42.6 Å². The first-order valence-corrected chi connectivity index (χ1v) is 9.89. The molecule has 1 aromatic heterocycles. The van der Waals surface area contributed by atoms with Crippen LogP contribution >= 0.6 is 0 Å². The van der Waals surface area contributed by atoms with Crippen LogP contribution in [0, 0.1) is 5.82 Å². The highest BCUT2D eigenvalue weighted by Gasteiger charge is 2.40. The quantitative estimate of drug-likeness (QED) is 0.659. The summed E-state index contributed by atoms with van der Waals surface area (Å²) in [7, 11) is 0. The summed E-state index contributed by atoms with van der Waals surface area (Å²) >= 11 is 0. The van der Waals surface area contributed by atoms with E-state index in [1.54, 1.807) is 36.4 Å². The van der Waals surface area contributed by atoms with E-state index in [4.69, 9.17) is 14.0 Å². The Bertz CT molecular complexity index is 1030. The number of likely N-dealkylation sites (tertiary alicyclic amines) is 1. The Morgan fingerprint density at radius 3 is 2.23 bits per heavy atom. The molecule has 2 saturated heterocycles. The van der Waals surface area contributed by atoms with Gasteiger partial charge in [-0.15, -0.1) is 0 Å². The number of halogens is 1. The highest BCUT2D eigenvalue weighted by molar-refractivity contribution is 5.94. The van der Waals surface area contributed by atoms with Gasteiger partial charge < -0.3 is 18.9 Å². The molecule has 1 spiro atoms. The Labute approximate surface area is 172 Å². The Morgan fingerprint density at radius 2 is 1.57 bits per heavy atom. The van der Waals surface area contributed by atoms with Gasteiger partial charge in [-0.05, 0) is 48.5 Å². The molecule has 0 unspecified atom stereocenters. The SMILES string of the molecule is O=C(c1ccc(-c2nc(-c3ccc(F)cc3)no2)cc1)N1CCC2(CC1)OCCO2. The molecule has 2 aromatic carbocycles. The van der Waals surface area contributed by atoms with Crippen molar-refractivity contribution >= 4 is 5.91 Å². The highest BCUT2D eigenvalue weighted by atomic mass is 19.1. The van der Waals surface area contributed by atoms with Gasteiger partial charge in [-0.3, -0.25) is 4.79 Å². The van der Waals surface area contributed by atoms with Gasteiger partial charge in [-0.25, -0.2) is 4.39 Å². The van der Waals surface area contributed by atoms with E-state index < -0.39 is 5.79 Å². The molecule has 30 heavy (non-hydrogen) atoms. The summed E-state index contributed by atoms with van der Waals surface area (Å²) in [5, 5.41) is 3.95. The zero-order chi connectivity index (χ0) is 20.6. The van der Waals surface area contributed by atoms with E-state index in [1.807, 2.05) is 4.90 Å². The summed E-state index contributed by atoms with van der Waals surface area (Å²) < 4.78 is 29.8. The van der Waals surface area contributed by atoms with Crippen molar-refractivity contribution in [2.75, 3.05) is 26.3 Å². The lowest BCUT2D eigenvalue weighted by atomic mass is 10.0. The average Bonchev–Trinajstić information content (AvgIpc) is 3.45. The number of hydrogen-bond acceptors (Lipinski definition) is 6. The highest BCUT2D eigenvalue weighted by Crippen LogP contribution is 2.32. The van der Waals surface area contributed by atoms with E-state index in [2.05, 4.69) is 10.1 Å². The number of carbonyl (C=O) groups is 1. The lowest BCUT2D eigenvalue weighted by Gasteiger charge is -2.37. The first kappa shape index (κ1) is 18.9. The van der Waals surface area contributed by atoms with Crippen LogP contribution in [0.1, 0.15) is 23.2 Å². The van der Waals surface area contributed by atoms with Crippen LogP contribution in [-0.2, 0) is 9.47 Å². The molecule has 8 heteroatoms. The Balaban J connectivity index is 1.27. The van der Waals surface area contributed by atoms with Gasteiger partial charge >= 0.3 is 0 Å². The first-order chi connectivity index (χ1) is 14.6. The number of ether oxygens (including phenoxy) is 2. The second-order valence-corrected chi connectivity index (χ2v) is 7.41. The van der Waals surface area contributed by atoms with Crippen molar-refractivity contribution < 1.29 is 23.2 Å². The fourth-order valence-corrected chi connectivity index (χ4v) is 3.83. The maximum atomic E-state index is 13.1. The fraction of sp³-hybridized carbons (Fsp3) is 0.318. The molecule has 0 aliphatic carbocycles. The van der Waals surface area contributed by atoms with Crippen LogP contribution in [0.3, 0.4) is 0 Å². The molecular formula is C22H20FN3O4. The van der Waals surface area contributed by atoms with Crippen LogP contribution in [0.4, 0.5) is 4.39 Å². The van der Waals surface area contributed by atoms with Crippen molar-refractivity contribution in [3.8, 4) is 22.8 Å². The molecule has 2 aliphatic rings. The van der Waals surface area contributed by atoms with Crippen LogP contribution < -0.4 is 0 Å². The van der Waals surface area contributed by atoms with Gasteiger partial charge in [0.25, 0.3) is 11.8 Å². The standard InChI is InChI=1S/C22H20FN3O4/c23-18-7-5-15(6-8-18)19-24-20(30-25-19)16-1-3-17(4-2-16)21(27)26-11-9-22(10-12-26)28-13-14-29-22/h1-8H,9-14H2. The molecule has 2 fully saturated rings. The third-order valence-electron chi connectivity index (χ3n) is 5.53. The van der Waals surface area contributed by atoms with Gasteiger partial charge in [-0.1, -0.05) is 5.16 Å². The minimum atomic E-state index is -0.499. The summed E-state index contributed by atoms with van der Waals surface area (Å²) in [4.78, 5) is 19.0. The molecule has 7 nitrogen and oxygen atoms in total. The van der Waals surface area contributed by atoms with Crippen molar-refractivity contribution in [3.05, 3.63) is 59.9 Å². The maximum absolute atomic E-state index is 13.1. The van der Waals surface area contributed by atoms with Crippen molar-refractivity contribution in [2.24, 2.45) is 0 Å². The second-order valence-electron chi connectivity index (χ2n) is 7.41. The predicted molar refractivity (Wildman–Crippen MR) is 105 cm³/mol. The number of nitrogens with zero attached hydrogens (tertiary/aromatic N) is 3. The average molecular weight is 409 g/mol. The Hall–Kier alpha value is -3.10. The van der Waals surface area contributed by atoms with Gasteiger partial charge in [0.15, 0.2) is 5.79 Å². The molecule has 3 aromatic rings. The minimum Gasteiger partial charge on any atom is -0.347 e. The van der Waals surface area contributed by atoms with Crippen molar-refractivity contribution in [2.45, 2.75) is 18.6 Å². The topological polar surface area (TPSA) is 77.7 Å². The van der Waals surface area contributed by atoms with Crippen LogP contribution in [0.2, 0.25) is 0 Å². The number of carbonyl (C=O) groups excluding carboxylic acids is 1. The molecule has 0 saturated carbocycles. The van der Waals surface area contributed by atoms with Gasteiger partial charge in [0.2, 0.25) is 5.82 Å². The van der Waals surface area contributed by atoms with E-state index in [1.165, 1.54) is 12.1 Å². The summed E-state index contributed by atoms with van der Waals surface area (Å²) in [5.74, 6) is -0.129. The van der Waals surface area contributed by atoms with E-state index in [-0.39, 0.29) is 11.7 Å². The maximum Gasteiger partial charge on any atom is 0.258 e. The fourth-order valence-electron chi connectivity index (χ4n) is 3.83. The molecule has 0 N–H and O–H groups in total. The zero-order valence-corrected chi connectivity index (χ0v) is 16.2. The zero-order valence-electron chi connectivity index (χ0n) is 16.2. The van der Waals surface area contributed by atoms with E-state index >= 15 is 0 Å².